The Kier molecular flexibility index (Phi) is 4.93. The van der Waals surface area contributed by atoms with E-state index >= 15 is 0 Å². The van der Waals surface area contributed by atoms with Crippen LogP contribution < -0.4 is 10.0 Å². The van der Waals surface area contributed by atoms with Crippen LogP contribution >= 0.6 is 0 Å². The van der Waals surface area contributed by atoms with Gasteiger partial charge in [-0.25, -0.2) is 21.9 Å². The van der Waals surface area contributed by atoms with Gasteiger partial charge in [-0.05, 0) is 36.1 Å². The van der Waals surface area contributed by atoms with Crippen molar-refractivity contribution in [3.63, 3.8) is 0 Å². The summed E-state index contributed by atoms with van der Waals surface area (Å²) in [6.45, 7) is 0.317. The van der Waals surface area contributed by atoms with Crippen LogP contribution in [0.5, 0.6) is 0 Å². The predicted octanol–water partition coefficient (Wildman–Crippen LogP) is 2.70. The molecule has 3 rings (SSSR count). The summed E-state index contributed by atoms with van der Waals surface area (Å²) in [5, 5.41) is 3.15. The molecule has 7 heteroatoms. The van der Waals surface area contributed by atoms with Crippen LogP contribution in [0.1, 0.15) is 24.0 Å². The van der Waals surface area contributed by atoms with E-state index in [-0.39, 0.29) is 6.54 Å². The molecule has 2 aromatic rings. The van der Waals surface area contributed by atoms with Gasteiger partial charge < -0.3 is 5.32 Å². The van der Waals surface area contributed by atoms with Crippen LogP contribution in [0.3, 0.4) is 0 Å². The van der Waals surface area contributed by atoms with Crippen molar-refractivity contribution in [2.75, 3.05) is 0 Å². The van der Waals surface area contributed by atoms with E-state index in [0.717, 1.165) is 24.5 Å². The molecule has 2 N–H and O–H groups in total. The lowest BCUT2D eigenvalue weighted by Crippen LogP contribution is -2.25. The van der Waals surface area contributed by atoms with Crippen molar-refractivity contribution in [3.8, 4) is 0 Å². The maximum Gasteiger partial charge on any atom is 0.243 e. The fourth-order valence-electron chi connectivity index (χ4n) is 2.32. The molecule has 24 heavy (non-hydrogen) atoms. The first-order valence-corrected chi connectivity index (χ1v) is 9.19. The molecule has 128 valence electrons. The van der Waals surface area contributed by atoms with Gasteiger partial charge in [0.25, 0.3) is 0 Å². The molecular formula is C17H18F2N2O2S. The highest BCUT2D eigenvalue weighted by Crippen LogP contribution is 2.22. The van der Waals surface area contributed by atoms with Crippen molar-refractivity contribution in [2.24, 2.45) is 0 Å². The number of benzene rings is 2. The molecule has 0 aliphatic heterocycles. The van der Waals surface area contributed by atoms with Crippen LogP contribution in [0.15, 0.2) is 47.4 Å². The summed E-state index contributed by atoms with van der Waals surface area (Å²) in [7, 11) is -4.15. The maximum absolute atomic E-state index is 14.0. The van der Waals surface area contributed by atoms with Crippen LogP contribution in [0.2, 0.25) is 0 Å². The molecule has 1 aliphatic carbocycles. The van der Waals surface area contributed by atoms with Crippen molar-refractivity contribution >= 4 is 10.0 Å². The zero-order valence-electron chi connectivity index (χ0n) is 12.9. The van der Waals surface area contributed by atoms with E-state index in [2.05, 4.69) is 10.0 Å². The van der Waals surface area contributed by atoms with Crippen molar-refractivity contribution in [2.45, 2.75) is 36.9 Å². The molecule has 4 nitrogen and oxygen atoms in total. The average Bonchev–Trinajstić information content (AvgIpc) is 3.39. The Hall–Kier alpha value is -1.83. The largest absolute Gasteiger partial charge is 0.310 e. The van der Waals surface area contributed by atoms with Gasteiger partial charge in [-0.3, -0.25) is 0 Å². The zero-order chi connectivity index (χ0) is 17.2. The number of halogens is 2. The van der Waals surface area contributed by atoms with Crippen molar-refractivity contribution < 1.29 is 17.2 Å². The van der Waals surface area contributed by atoms with Gasteiger partial charge in [-0.1, -0.05) is 30.3 Å². The highest BCUT2D eigenvalue weighted by molar-refractivity contribution is 7.89. The van der Waals surface area contributed by atoms with Gasteiger partial charge in [0, 0.05) is 19.1 Å². The second-order valence-corrected chi connectivity index (χ2v) is 7.59. The van der Waals surface area contributed by atoms with E-state index < -0.39 is 26.6 Å². The number of rotatable bonds is 7. The first-order valence-electron chi connectivity index (χ1n) is 7.70. The standard InChI is InChI=1S/C17H18F2N2O2S/c18-15-8-13(10-20-14-6-7-14)9-16(17(15)19)24(22,23)21-11-12-4-2-1-3-5-12/h1-5,8-9,14,20-21H,6-7,10-11H2. The lowest BCUT2D eigenvalue weighted by molar-refractivity contribution is 0.480. The van der Waals surface area contributed by atoms with E-state index in [1.165, 1.54) is 6.07 Å². The topological polar surface area (TPSA) is 58.2 Å². The second kappa shape index (κ2) is 6.96. The van der Waals surface area contributed by atoms with Crippen molar-refractivity contribution in [3.05, 3.63) is 65.2 Å². The van der Waals surface area contributed by atoms with Gasteiger partial charge in [-0.2, -0.15) is 0 Å². The van der Waals surface area contributed by atoms with Gasteiger partial charge in [-0.15, -0.1) is 0 Å². The molecule has 0 amide bonds. The van der Waals surface area contributed by atoms with E-state index in [9.17, 15) is 17.2 Å². The third kappa shape index (κ3) is 4.17. The lowest BCUT2D eigenvalue weighted by Gasteiger charge is -2.11. The van der Waals surface area contributed by atoms with E-state index in [1.807, 2.05) is 6.07 Å². The summed E-state index contributed by atoms with van der Waals surface area (Å²) >= 11 is 0. The smallest absolute Gasteiger partial charge is 0.243 e. The first kappa shape index (κ1) is 17.0. The Balaban J connectivity index is 1.79. The molecule has 0 bridgehead atoms. The highest BCUT2D eigenvalue weighted by Gasteiger charge is 2.24. The fraction of sp³-hybridized carbons (Fsp3) is 0.294. The summed E-state index contributed by atoms with van der Waals surface area (Å²) in [5.41, 5.74) is 1.13. The van der Waals surface area contributed by atoms with Crippen LogP contribution in [0.25, 0.3) is 0 Å². The monoisotopic (exact) mass is 352 g/mol. The van der Waals surface area contributed by atoms with Crippen molar-refractivity contribution in [1.29, 1.82) is 0 Å². The van der Waals surface area contributed by atoms with Gasteiger partial charge in [0.15, 0.2) is 11.6 Å². The minimum absolute atomic E-state index is 0.00871. The summed E-state index contributed by atoms with van der Waals surface area (Å²) in [5.74, 6) is -2.52. The quantitative estimate of drug-likeness (QED) is 0.806. The zero-order valence-corrected chi connectivity index (χ0v) is 13.7. The predicted molar refractivity (Wildman–Crippen MR) is 86.7 cm³/mol. The average molecular weight is 352 g/mol. The van der Waals surface area contributed by atoms with E-state index in [4.69, 9.17) is 0 Å². The number of hydrogen-bond donors (Lipinski definition) is 2. The number of sulfonamides is 1. The minimum Gasteiger partial charge on any atom is -0.310 e. The van der Waals surface area contributed by atoms with Crippen LogP contribution in [-0.2, 0) is 23.1 Å². The van der Waals surface area contributed by atoms with E-state index in [0.29, 0.717) is 18.2 Å². The molecule has 1 aliphatic rings. The van der Waals surface area contributed by atoms with Gasteiger partial charge >= 0.3 is 0 Å². The minimum atomic E-state index is -4.15. The molecule has 0 heterocycles. The first-order chi connectivity index (χ1) is 11.5. The molecule has 0 saturated heterocycles. The third-order valence-corrected chi connectivity index (χ3v) is 5.23. The SMILES string of the molecule is O=S(=O)(NCc1ccccc1)c1cc(CNC2CC2)cc(F)c1F. The Morgan fingerprint density at radius 1 is 1.00 bits per heavy atom. The third-order valence-electron chi connectivity index (χ3n) is 3.83. The Labute approximate surface area is 139 Å². The lowest BCUT2D eigenvalue weighted by atomic mass is 10.2. The molecule has 0 spiro atoms. The number of nitrogens with one attached hydrogen (secondary N) is 2. The Morgan fingerprint density at radius 2 is 1.71 bits per heavy atom. The fourth-order valence-corrected chi connectivity index (χ4v) is 3.47. The van der Waals surface area contributed by atoms with Crippen LogP contribution in [-0.4, -0.2) is 14.5 Å². The van der Waals surface area contributed by atoms with Gasteiger partial charge in [0.1, 0.15) is 4.90 Å². The van der Waals surface area contributed by atoms with Gasteiger partial charge in [0.05, 0.1) is 0 Å². The van der Waals surface area contributed by atoms with Crippen molar-refractivity contribution in [1.82, 2.24) is 10.0 Å². The molecular weight excluding hydrogens is 334 g/mol. The number of hydrogen-bond acceptors (Lipinski definition) is 3. The Bertz CT molecular complexity index is 822. The highest BCUT2D eigenvalue weighted by atomic mass is 32.2. The van der Waals surface area contributed by atoms with Crippen LogP contribution in [0.4, 0.5) is 8.78 Å². The second-order valence-electron chi connectivity index (χ2n) is 5.86. The van der Waals surface area contributed by atoms with E-state index in [1.54, 1.807) is 24.3 Å². The molecule has 0 unspecified atom stereocenters. The summed E-state index contributed by atoms with van der Waals surface area (Å²) in [4.78, 5) is -0.661. The molecule has 0 radical (unpaired) electrons. The summed E-state index contributed by atoms with van der Waals surface area (Å²) in [6, 6.07) is 11.4. The summed E-state index contributed by atoms with van der Waals surface area (Å²) in [6.07, 6.45) is 2.10. The molecule has 1 fully saturated rings. The molecule has 2 aromatic carbocycles. The summed E-state index contributed by atoms with van der Waals surface area (Å²) < 4.78 is 54.8. The van der Waals surface area contributed by atoms with Gasteiger partial charge in [0.2, 0.25) is 10.0 Å². The molecule has 0 aromatic heterocycles. The Morgan fingerprint density at radius 3 is 2.38 bits per heavy atom. The maximum atomic E-state index is 14.0. The normalized spacial score (nSPS) is 14.8. The molecule has 1 saturated carbocycles. The van der Waals surface area contributed by atoms with Crippen LogP contribution in [0, 0.1) is 11.6 Å². The molecule has 0 atom stereocenters.